The molecule has 5 heteroatoms. The Balaban J connectivity index is 1.94. The number of carbonyl (C=O) groups excluding carboxylic acids is 2. The smallest absolute Gasteiger partial charge is 0.250 e. The molecule has 146 valence electrons. The fraction of sp³-hybridized carbons (Fsp3) is 0.391. The number of anilines is 2. The molecule has 1 aliphatic carbocycles. The molecule has 2 aliphatic rings. The molecule has 4 N–H and O–H groups in total. The van der Waals surface area contributed by atoms with Crippen molar-refractivity contribution in [3.8, 4) is 11.1 Å². The summed E-state index contributed by atoms with van der Waals surface area (Å²) >= 11 is 0. The molecule has 0 radical (unpaired) electrons. The van der Waals surface area contributed by atoms with E-state index in [4.69, 9.17) is 11.5 Å². The highest BCUT2D eigenvalue weighted by molar-refractivity contribution is 6.22. The van der Waals surface area contributed by atoms with Crippen molar-refractivity contribution in [2.45, 2.75) is 45.1 Å². The topological polar surface area (TPSA) is 89.4 Å². The van der Waals surface area contributed by atoms with Crippen molar-refractivity contribution < 1.29 is 9.59 Å². The zero-order chi connectivity index (χ0) is 20.0. The van der Waals surface area contributed by atoms with Gasteiger partial charge in [-0.2, -0.15) is 0 Å². The van der Waals surface area contributed by atoms with Crippen LogP contribution < -0.4 is 16.4 Å². The minimum atomic E-state index is -0.749. The lowest BCUT2D eigenvalue weighted by Gasteiger charge is -2.28. The molecule has 2 aromatic carbocycles. The van der Waals surface area contributed by atoms with Gasteiger partial charge in [-0.15, -0.1) is 0 Å². The van der Waals surface area contributed by atoms with Crippen LogP contribution in [0.3, 0.4) is 0 Å². The molecule has 2 atom stereocenters. The van der Waals surface area contributed by atoms with Gasteiger partial charge in [-0.05, 0) is 41.5 Å². The van der Waals surface area contributed by atoms with E-state index in [0.29, 0.717) is 17.3 Å². The lowest BCUT2D eigenvalue weighted by molar-refractivity contribution is -0.128. The number of nitrogens with zero attached hydrogens (tertiary/aromatic N) is 1. The van der Waals surface area contributed by atoms with Crippen LogP contribution in [0.15, 0.2) is 42.5 Å². The monoisotopic (exact) mass is 377 g/mol. The van der Waals surface area contributed by atoms with Crippen LogP contribution in [0.2, 0.25) is 0 Å². The number of nitrogens with two attached hydrogens (primary N) is 2. The molecule has 0 spiro atoms. The molecule has 5 nitrogen and oxygen atoms in total. The average molecular weight is 377 g/mol. The summed E-state index contributed by atoms with van der Waals surface area (Å²) in [5.74, 6) is -0.447. The minimum absolute atomic E-state index is 0.0719. The number of hydrogen-bond acceptors (Lipinski definition) is 4. The van der Waals surface area contributed by atoms with Gasteiger partial charge in [0.05, 0.1) is 17.6 Å². The van der Waals surface area contributed by atoms with Crippen LogP contribution in [-0.2, 0) is 9.59 Å². The van der Waals surface area contributed by atoms with Crippen LogP contribution >= 0.6 is 0 Å². The number of hydrogen-bond donors (Lipinski definition) is 2. The first-order valence-corrected chi connectivity index (χ1v) is 10.0. The van der Waals surface area contributed by atoms with Crippen molar-refractivity contribution >= 4 is 23.2 Å². The number of rotatable bonds is 4. The van der Waals surface area contributed by atoms with Crippen LogP contribution in [0.4, 0.5) is 11.4 Å². The Kier molecular flexibility index (Phi) is 4.71. The van der Waals surface area contributed by atoms with Gasteiger partial charge in [0.2, 0.25) is 5.91 Å². The normalized spacial score (nSPS) is 19.8. The summed E-state index contributed by atoms with van der Waals surface area (Å²) in [6, 6.07) is 12.5. The summed E-state index contributed by atoms with van der Waals surface area (Å²) in [4.78, 5) is 28.3. The summed E-state index contributed by atoms with van der Waals surface area (Å²) in [6.07, 6.45) is 3.03. The molecule has 2 aromatic rings. The first kappa shape index (κ1) is 18.7. The van der Waals surface area contributed by atoms with Gasteiger partial charge in [0.15, 0.2) is 0 Å². The van der Waals surface area contributed by atoms with Crippen molar-refractivity contribution in [3.05, 3.63) is 48.0 Å². The van der Waals surface area contributed by atoms with Crippen LogP contribution in [0, 0.1) is 11.8 Å². The Morgan fingerprint density at radius 3 is 2.54 bits per heavy atom. The van der Waals surface area contributed by atoms with E-state index in [9.17, 15) is 9.59 Å². The predicted molar refractivity (Wildman–Crippen MR) is 112 cm³/mol. The highest BCUT2D eigenvalue weighted by Crippen LogP contribution is 2.48. The van der Waals surface area contributed by atoms with Crippen molar-refractivity contribution in [1.82, 2.24) is 0 Å². The largest absolute Gasteiger partial charge is 0.398 e. The number of benzene rings is 2. The molecule has 0 saturated heterocycles. The Hall–Kier alpha value is -2.66. The lowest BCUT2D eigenvalue weighted by Crippen LogP contribution is -2.50. The maximum atomic E-state index is 13.7. The van der Waals surface area contributed by atoms with Gasteiger partial charge < -0.3 is 11.5 Å². The molecule has 4 rings (SSSR count). The van der Waals surface area contributed by atoms with Gasteiger partial charge in [0.25, 0.3) is 5.91 Å². The maximum Gasteiger partial charge on any atom is 0.250 e. The maximum absolute atomic E-state index is 13.7. The first-order valence-electron chi connectivity index (χ1n) is 10.0. The van der Waals surface area contributed by atoms with Gasteiger partial charge in [-0.1, -0.05) is 57.0 Å². The van der Waals surface area contributed by atoms with Crippen molar-refractivity contribution in [1.29, 1.82) is 0 Å². The molecular formula is C23H27N3O2. The quantitative estimate of drug-likeness (QED) is 0.796. The second-order valence-corrected chi connectivity index (χ2v) is 8.34. The summed E-state index contributed by atoms with van der Waals surface area (Å²) in [7, 11) is 0. The Labute approximate surface area is 165 Å². The average Bonchev–Trinajstić information content (AvgIpc) is 3.50. The summed E-state index contributed by atoms with van der Waals surface area (Å²) in [5, 5.41) is 0. The third kappa shape index (κ3) is 3.10. The fourth-order valence-corrected chi connectivity index (χ4v) is 4.05. The molecular weight excluding hydrogens is 350 g/mol. The first-order chi connectivity index (χ1) is 13.4. The standard InChI is InChI=1S/C23H27N3O2/c1-13(2)21(25)23(28)26-19-9-5-8-18(24)20(19)16-7-4-3-6-15(16)17(22(26)27)12-14-10-11-14/h3-9,13-14,17,21H,10-12,24-25H2,1-2H3/t17?,21-/m0/s1. The molecule has 2 amide bonds. The number of nitrogen functional groups attached to an aromatic ring is 1. The van der Waals surface area contributed by atoms with Crippen molar-refractivity contribution in [2.75, 3.05) is 10.6 Å². The van der Waals surface area contributed by atoms with E-state index in [1.165, 1.54) is 4.90 Å². The molecule has 1 unspecified atom stereocenters. The van der Waals surface area contributed by atoms with Gasteiger partial charge >= 0.3 is 0 Å². The van der Waals surface area contributed by atoms with E-state index < -0.39 is 6.04 Å². The highest BCUT2D eigenvalue weighted by Gasteiger charge is 2.41. The second kappa shape index (κ2) is 7.06. The molecule has 28 heavy (non-hydrogen) atoms. The van der Waals surface area contributed by atoms with Gasteiger partial charge in [-0.25, -0.2) is 4.90 Å². The lowest BCUT2D eigenvalue weighted by atomic mass is 9.87. The zero-order valence-electron chi connectivity index (χ0n) is 16.4. The third-order valence-electron chi connectivity index (χ3n) is 5.93. The molecule has 0 bridgehead atoms. The van der Waals surface area contributed by atoms with Crippen molar-refractivity contribution in [3.63, 3.8) is 0 Å². The van der Waals surface area contributed by atoms with Gasteiger partial charge in [0.1, 0.15) is 0 Å². The minimum Gasteiger partial charge on any atom is -0.398 e. The molecule has 0 aromatic heterocycles. The zero-order valence-corrected chi connectivity index (χ0v) is 16.4. The molecule has 1 heterocycles. The van der Waals surface area contributed by atoms with E-state index >= 15 is 0 Å². The number of fused-ring (bicyclic) bond motifs is 3. The van der Waals surface area contributed by atoms with Crippen LogP contribution in [-0.4, -0.2) is 17.9 Å². The van der Waals surface area contributed by atoms with Crippen LogP contribution in [0.25, 0.3) is 11.1 Å². The number of carbonyl (C=O) groups is 2. The SMILES string of the molecule is CC(C)[C@H](N)C(=O)N1C(=O)C(CC2CC2)c2ccccc2-c2c(N)cccc21. The molecule has 1 fully saturated rings. The third-order valence-corrected chi connectivity index (χ3v) is 5.93. The summed E-state index contributed by atoms with van der Waals surface area (Å²) in [5.41, 5.74) is 16.3. The number of imide groups is 1. The summed E-state index contributed by atoms with van der Waals surface area (Å²) < 4.78 is 0. The van der Waals surface area contributed by atoms with E-state index in [-0.39, 0.29) is 23.7 Å². The fourth-order valence-electron chi connectivity index (χ4n) is 4.05. The van der Waals surface area contributed by atoms with E-state index in [0.717, 1.165) is 36.0 Å². The van der Waals surface area contributed by atoms with Gasteiger partial charge in [0, 0.05) is 11.3 Å². The van der Waals surface area contributed by atoms with Crippen LogP contribution in [0.5, 0.6) is 0 Å². The Morgan fingerprint density at radius 1 is 1.14 bits per heavy atom. The Morgan fingerprint density at radius 2 is 1.86 bits per heavy atom. The molecule has 1 aliphatic heterocycles. The van der Waals surface area contributed by atoms with E-state index in [2.05, 4.69) is 0 Å². The second-order valence-electron chi connectivity index (χ2n) is 8.34. The predicted octanol–water partition coefficient (Wildman–Crippen LogP) is 3.68. The highest BCUT2D eigenvalue weighted by atomic mass is 16.2. The van der Waals surface area contributed by atoms with E-state index in [1.54, 1.807) is 12.1 Å². The van der Waals surface area contributed by atoms with Gasteiger partial charge in [-0.3, -0.25) is 9.59 Å². The Bertz CT molecular complexity index is 933. The molecule has 1 saturated carbocycles. The van der Waals surface area contributed by atoms with E-state index in [1.807, 2.05) is 44.2 Å². The summed E-state index contributed by atoms with van der Waals surface area (Å²) in [6.45, 7) is 3.78. The van der Waals surface area contributed by atoms with Crippen LogP contribution in [0.1, 0.15) is 44.6 Å². The number of amides is 2. The van der Waals surface area contributed by atoms with Crippen molar-refractivity contribution in [2.24, 2.45) is 17.6 Å².